The Morgan fingerprint density at radius 2 is 2.47 bits per heavy atom. The standard InChI is InChI=1S/C11H15N3O2S/c1-7-6-14(2-3-17-7)10-9(12)4-8(5-13-10)11(15)16/h4-5,7H,2-3,6,12H2,1H3,(H,15,16). The van der Waals surface area contributed by atoms with E-state index in [0.717, 1.165) is 18.8 Å². The Kier molecular flexibility index (Phi) is 3.42. The Hall–Kier alpha value is -1.43. The molecule has 0 aromatic carbocycles. The van der Waals surface area contributed by atoms with Crippen molar-refractivity contribution in [1.82, 2.24) is 4.98 Å². The number of nitrogens with two attached hydrogens (primary N) is 1. The zero-order valence-electron chi connectivity index (χ0n) is 9.59. The summed E-state index contributed by atoms with van der Waals surface area (Å²) in [6.45, 7) is 3.96. The lowest BCUT2D eigenvalue weighted by atomic mass is 10.2. The number of pyridine rings is 1. The lowest BCUT2D eigenvalue weighted by Crippen LogP contribution is -2.37. The zero-order valence-corrected chi connectivity index (χ0v) is 10.4. The number of aromatic carboxylic acids is 1. The molecule has 0 bridgehead atoms. The monoisotopic (exact) mass is 253 g/mol. The highest BCUT2D eigenvalue weighted by atomic mass is 32.2. The smallest absolute Gasteiger partial charge is 0.337 e. The normalized spacial score (nSPS) is 20.3. The van der Waals surface area contributed by atoms with Gasteiger partial charge < -0.3 is 15.7 Å². The van der Waals surface area contributed by atoms with Gasteiger partial charge in [0.2, 0.25) is 0 Å². The Morgan fingerprint density at radius 3 is 3.06 bits per heavy atom. The van der Waals surface area contributed by atoms with Crippen LogP contribution >= 0.6 is 11.8 Å². The summed E-state index contributed by atoms with van der Waals surface area (Å²) in [4.78, 5) is 17.1. The number of carboxylic acids is 1. The van der Waals surface area contributed by atoms with Gasteiger partial charge in [-0.2, -0.15) is 11.8 Å². The largest absolute Gasteiger partial charge is 0.478 e. The van der Waals surface area contributed by atoms with Crippen LogP contribution in [0.5, 0.6) is 0 Å². The van der Waals surface area contributed by atoms with Gasteiger partial charge in [0.25, 0.3) is 0 Å². The Labute approximate surface area is 104 Å². The van der Waals surface area contributed by atoms with Crippen LogP contribution in [-0.4, -0.2) is 40.2 Å². The van der Waals surface area contributed by atoms with Crippen LogP contribution in [-0.2, 0) is 0 Å². The molecule has 1 unspecified atom stereocenters. The van der Waals surface area contributed by atoms with Crippen molar-refractivity contribution in [2.45, 2.75) is 12.2 Å². The van der Waals surface area contributed by atoms with E-state index in [-0.39, 0.29) is 5.56 Å². The molecule has 0 spiro atoms. The van der Waals surface area contributed by atoms with Crippen molar-refractivity contribution in [2.75, 3.05) is 29.5 Å². The molecule has 0 aliphatic carbocycles. The van der Waals surface area contributed by atoms with Gasteiger partial charge in [-0.1, -0.05) is 6.92 Å². The quantitative estimate of drug-likeness (QED) is 0.827. The molecule has 0 saturated carbocycles. The van der Waals surface area contributed by atoms with Crippen LogP contribution in [0.1, 0.15) is 17.3 Å². The molecule has 0 radical (unpaired) electrons. The molecule has 5 nitrogen and oxygen atoms in total. The molecule has 92 valence electrons. The fourth-order valence-corrected chi connectivity index (χ4v) is 2.88. The van der Waals surface area contributed by atoms with E-state index in [4.69, 9.17) is 10.8 Å². The third kappa shape index (κ3) is 2.63. The van der Waals surface area contributed by atoms with E-state index >= 15 is 0 Å². The summed E-state index contributed by atoms with van der Waals surface area (Å²) in [7, 11) is 0. The average Bonchev–Trinajstić information content (AvgIpc) is 2.28. The van der Waals surface area contributed by atoms with Crippen molar-refractivity contribution in [2.24, 2.45) is 0 Å². The summed E-state index contributed by atoms with van der Waals surface area (Å²) >= 11 is 1.93. The van der Waals surface area contributed by atoms with E-state index in [1.165, 1.54) is 12.3 Å². The maximum atomic E-state index is 10.8. The molecule has 1 aliphatic heterocycles. The van der Waals surface area contributed by atoms with Crippen LogP contribution in [0.4, 0.5) is 11.5 Å². The van der Waals surface area contributed by atoms with E-state index in [1.54, 1.807) is 0 Å². The van der Waals surface area contributed by atoms with Gasteiger partial charge in [0.1, 0.15) is 0 Å². The van der Waals surface area contributed by atoms with Gasteiger partial charge in [0.05, 0.1) is 11.3 Å². The number of hydrogen-bond donors (Lipinski definition) is 2. The first-order valence-electron chi connectivity index (χ1n) is 5.43. The van der Waals surface area contributed by atoms with Crippen molar-refractivity contribution in [1.29, 1.82) is 0 Å². The number of carbonyl (C=O) groups is 1. The highest BCUT2D eigenvalue weighted by Gasteiger charge is 2.20. The summed E-state index contributed by atoms with van der Waals surface area (Å²) in [6.07, 6.45) is 1.36. The van der Waals surface area contributed by atoms with Crippen LogP contribution in [0.2, 0.25) is 0 Å². The molecule has 17 heavy (non-hydrogen) atoms. The fourth-order valence-electron chi connectivity index (χ4n) is 1.87. The number of anilines is 2. The van der Waals surface area contributed by atoms with Gasteiger partial charge in [-0.05, 0) is 6.07 Å². The molecule has 1 fully saturated rings. The molecule has 6 heteroatoms. The number of nitrogen functional groups attached to an aromatic ring is 1. The van der Waals surface area contributed by atoms with E-state index in [0.29, 0.717) is 16.8 Å². The first-order valence-corrected chi connectivity index (χ1v) is 6.48. The number of rotatable bonds is 2. The number of hydrogen-bond acceptors (Lipinski definition) is 5. The topological polar surface area (TPSA) is 79.5 Å². The first-order chi connectivity index (χ1) is 8.08. The van der Waals surface area contributed by atoms with Gasteiger partial charge in [0, 0.05) is 30.3 Å². The van der Waals surface area contributed by atoms with Crippen LogP contribution < -0.4 is 10.6 Å². The predicted octanol–water partition coefficient (Wildman–Crippen LogP) is 1.30. The van der Waals surface area contributed by atoms with Crippen molar-refractivity contribution < 1.29 is 9.90 Å². The molecule has 2 rings (SSSR count). The Morgan fingerprint density at radius 1 is 1.71 bits per heavy atom. The lowest BCUT2D eigenvalue weighted by molar-refractivity contribution is 0.0696. The van der Waals surface area contributed by atoms with Crippen LogP contribution in [0.15, 0.2) is 12.3 Å². The van der Waals surface area contributed by atoms with Crippen molar-refractivity contribution >= 4 is 29.2 Å². The van der Waals surface area contributed by atoms with Crippen molar-refractivity contribution in [3.05, 3.63) is 17.8 Å². The molecule has 1 aromatic heterocycles. The summed E-state index contributed by atoms with van der Waals surface area (Å²) in [6, 6.07) is 1.47. The Bertz CT molecular complexity index is 439. The average molecular weight is 253 g/mol. The molecule has 1 aromatic rings. The molecule has 3 N–H and O–H groups in total. The zero-order chi connectivity index (χ0) is 12.4. The van der Waals surface area contributed by atoms with Gasteiger partial charge in [-0.3, -0.25) is 0 Å². The highest BCUT2D eigenvalue weighted by Crippen LogP contribution is 2.26. The molecule has 1 aliphatic rings. The van der Waals surface area contributed by atoms with Crippen molar-refractivity contribution in [3.8, 4) is 0 Å². The van der Waals surface area contributed by atoms with E-state index < -0.39 is 5.97 Å². The minimum absolute atomic E-state index is 0.130. The lowest BCUT2D eigenvalue weighted by Gasteiger charge is -2.32. The van der Waals surface area contributed by atoms with Crippen LogP contribution in [0.25, 0.3) is 0 Å². The predicted molar refractivity (Wildman–Crippen MR) is 69.7 cm³/mol. The van der Waals surface area contributed by atoms with Gasteiger partial charge >= 0.3 is 5.97 Å². The summed E-state index contributed by atoms with van der Waals surface area (Å²) in [5.74, 6) is 0.739. The molecule has 1 saturated heterocycles. The SMILES string of the molecule is CC1CN(c2ncc(C(=O)O)cc2N)CCS1. The minimum atomic E-state index is -1.00. The molecule has 0 amide bonds. The van der Waals surface area contributed by atoms with Gasteiger partial charge in [0.15, 0.2) is 5.82 Å². The van der Waals surface area contributed by atoms with Crippen molar-refractivity contribution in [3.63, 3.8) is 0 Å². The minimum Gasteiger partial charge on any atom is -0.478 e. The van der Waals surface area contributed by atoms with Crippen LogP contribution in [0.3, 0.4) is 0 Å². The van der Waals surface area contributed by atoms with E-state index in [9.17, 15) is 4.79 Å². The molecule has 2 heterocycles. The second-order valence-corrected chi connectivity index (χ2v) is 5.62. The molecular formula is C11H15N3O2S. The molecule has 1 atom stereocenters. The second-order valence-electron chi connectivity index (χ2n) is 4.07. The Balaban J connectivity index is 2.23. The number of thioether (sulfide) groups is 1. The summed E-state index contributed by atoms with van der Waals surface area (Å²) in [5.41, 5.74) is 6.43. The maximum Gasteiger partial charge on any atom is 0.337 e. The van der Waals surface area contributed by atoms with Gasteiger partial charge in [-0.15, -0.1) is 0 Å². The first kappa shape index (κ1) is 12.0. The maximum absolute atomic E-state index is 10.8. The summed E-state index contributed by atoms with van der Waals surface area (Å²) < 4.78 is 0. The number of carboxylic acid groups (broad SMARTS) is 1. The molecular weight excluding hydrogens is 238 g/mol. The second kappa shape index (κ2) is 4.83. The van der Waals surface area contributed by atoms with E-state index in [1.807, 2.05) is 11.8 Å². The fraction of sp³-hybridized carbons (Fsp3) is 0.455. The highest BCUT2D eigenvalue weighted by molar-refractivity contribution is 8.00. The number of aromatic nitrogens is 1. The third-order valence-corrected chi connectivity index (χ3v) is 3.82. The third-order valence-electron chi connectivity index (χ3n) is 2.68. The van der Waals surface area contributed by atoms with E-state index in [2.05, 4.69) is 16.8 Å². The van der Waals surface area contributed by atoms with Gasteiger partial charge in [-0.25, -0.2) is 9.78 Å². The number of nitrogens with zero attached hydrogens (tertiary/aromatic N) is 2. The van der Waals surface area contributed by atoms with Crippen LogP contribution in [0, 0.1) is 0 Å². The summed E-state index contributed by atoms with van der Waals surface area (Å²) in [5, 5.41) is 9.39.